The number of nitrogens with zero attached hydrogens (tertiary/aromatic N) is 2. The third-order valence-corrected chi connectivity index (χ3v) is 4.20. The molecule has 1 saturated heterocycles. The lowest BCUT2D eigenvalue weighted by Crippen LogP contribution is -2.48. The molecule has 1 aliphatic heterocycles. The van der Waals surface area contributed by atoms with Gasteiger partial charge in [0.1, 0.15) is 0 Å². The van der Waals surface area contributed by atoms with Gasteiger partial charge < -0.3 is 14.5 Å². The summed E-state index contributed by atoms with van der Waals surface area (Å²) in [5.74, 6) is -0.912. The molecule has 5 nitrogen and oxygen atoms in total. The van der Waals surface area contributed by atoms with Crippen LogP contribution in [0.5, 0.6) is 0 Å². The van der Waals surface area contributed by atoms with E-state index >= 15 is 0 Å². The summed E-state index contributed by atoms with van der Waals surface area (Å²) in [4.78, 5) is 28.6. The summed E-state index contributed by atoms with van der Waals surface area (Å²) in [6, 6.07) is 19.5. The summed E-state index contributed by atoms with van der Waals surface area (Å²) < 4.78 is 5.26. The Morgan fingerprint density at radius 2 is 1.32 bits per heavy atom. The number of amides is 2. The van der Waals surface area contributed by atoms with Crippen molar-refractivity contribution in [1.29, 1.82) is 0 Å². The van der Waals surface area contributed by atoms with E-state index < -0.39 is 11.8 Å². The molecule has 0 aliphatic carbocycles. The molecule has 0 radical (unpaired) electrons. The van der Waals surface area contributed by atoms with Gasteiger partial charge in [-0.15, -0.1) is 0 Å². The van der Waals surface area contributed by atoms with Crippen LogP contribution in [0.4, 0.5) is 0 Å². The molecule has 1 aliphatic rings. The molecule has 2 amide bonds. The standard InChI is InChI=1S/C20H22N2O3/c23-19(21-11-13-25-14-12-21)20(24)22(15-17-7-3-1-4-8-17)16-18-9-5-2-6-10-18/h1-10H,11-16H2. The van der Waals surface area contributed by atoms with Crippen LogP contribution in [0.1, 0.15) is 11.1 Å². The lowest BCUT2D eigenvalue weighted by molar-refractivity contribution is -0.154. The smallest absolute Gasteiger partial charge is 0.312 e. The van der Waals surface area contributed by atoms with Gasteiger partial charge in [0.2, 0.25) is 0 Å². The minimum absolute atomic E-state index is 0.407. The first-order valence-electron chi connectivity index (χ1n) is 8.48. The number of ether oxygens (including phenoxy) is 1. The minimum Gasteiger partial charge on any atom is -0.378 e. The molecular weight excluding hydrogens is 316 g/mol. The maximum absolute atomic E-state index is 12.8. The molecule has 0 atom stereocenters. The highest BCUT2D eigenvalue weighted by atomic mass is 16.5. The normalized spacial score (nSPS) is 14.2. The van der Waals surface area contributed by atoms with Crippen LogP contribution < -0.4 is 0 Å². The lowest BCUT2D eigenvalue weighted by atomic mass is 10.1. The van der Waals surface area contributed by atoms with Crippen LogP contribution in [-0.4, -0.2) is 47.9 Å². The topological polar surface area (TPSA) is 49.9 Å². The summed E-state index contributed by atoms with van der Waals surface area (Å²) in [6.07, 6.45) is 0. The van der Waals surface area contributed by atoms with Crippen molar-refractivity contribution in [2.45, 2.75) is 13.1 Å². The van der Waals surface area contributed by atoms with Gasteiger partial charge in [0.05, 0.1) is 13.2 Å². The molecule has 0 unspecified atom stereocenters. The number of hydrogen-bond donors (Lipinski definition) is 0. The van der Waals surface area contributed by atoms with E-state index in [0.717, 1.165) is 11.1 Å². The van der Waals surface area contributed by atoms with Gasteiger partial charge in [-0.05, 0) is 11.1 Å². The average Bonchev–Trinajstić information content (AvgIpc) is 2.68. The molecule has 1 fully saturated rings. The predicted octanol–water partition coefficient (Wildman–Crippen LogP) is 2.07. The van der Waals surface area contributed by atoms with Crippen molar-refractivity contribution >= 4 is 11.8 Å². The van der Waals surface area contributed by atoms with Crippen molar-refractivity contribution in [2.75, 3.05) is 26.3 Å². The van der Waals surface area contributed by atoms with E-state index in [-0.39, 0.29) is 0 Å². The molecule has 130 valence electrons. The van der Waals surface area contributed by atoms with Gasteiger partial charge in [-0.3, -0.25) is 9.59 Å². The van der Waals surface area contributed by atoms with Gasteiger partial charge in [0, 0.05) is 26.2 Å². The highest BCUT2D eigenvalue weighted by molar-refractivity contribution is 6.34. The number of benzene rings is 2. The third-order valence-electron chi connectivity index (χ3n) is 4.20. The summed E-state index contributed by atoms with van der Waals surface area (Å²) in [7, 11) is 0. The second kappa shape index (κ2) is 8.44. The van der Waals surface area contributed by atoms with Gasteiger partial charge in [0.15, 0.2) is 0 Å². The third kappa shape index (κ3) is 4.67. The van der Waals surface area contributed by atoms with Crippen LogP contribution in [0.15, 0.2) is 60.7 Å². The first-order valence-corrected chi connectivity index (χ1v) is 8.48. The Labute approximate surface area is 147 Å². The van der Waals surface area contributed by atoms with Gasteiger partial charge in [-0.2, -0.15) is 0 Å². The molecule has 3 rings (SSSR count). The number of carbonyl (C=O) groups is 2. The lowest BCUT2D eigenvalue weighted by Gasteiger charge is -2.29. The fourth-order valence-corrected chi connectivity index (χ4v) is 2.84. The largest absolute Gasteiger partial charge is 0.378 e. The highest BCUT2D eigenvalue weighted by Crippen LogP contribution is 2.12. The Balaban J connectivity index is 1.76. The predicted molar refractivity (Wildman–Crippen MR) is 94.5 cm³/mol. The van der Waals surface area contributed by atoms with Crippen molar-refractivity contribution in [3.63, 3.8) is 0 Å². The molecule has 2 aromatic carbocycles. The van der Waals surface area contributed by atoms with Crippen LogP contribution >= 0.6 is 0 Å². The van der Waals surface area contributed by atoms with Crippen molar-refractivity contribution in [3.8, 4) is 0 Å². The number of morpholine rings is 1. The van der Waals surface area contributed by atoms with E-state index in [1.807, 2.05) is 60.7 Å². The highest BCUT2D eigenvalue weighted by Gasteiger charge is 2.28. The minimum atomic E-state index is -0.463. The molecule has 1 heterocycles. The average molecular weight is 338 g/mol. The zero-order chi connectivity index (χ0) is 17.5. The zero-order valence-electron chi connectivity index (χ0n) is 14.1. The molecule has 0 spiro atoms. The molecule has 25 heavy (non-hydrogen) atoms. The Kier molecular flexibility index (Phi) is 5.80. The van der Waals surface area contributed by atoms with Gasteiger partial charge >= 0.3 is 11.8 Å². The van der Waals surface area contributed by atoms with E-state index in [2.05, 4.69) is 0 Å². The Hall–Kier alpha value is -2.66. The van der Waals surface area contributed by atoms with Crippen molar-refractivity contribution in [3.05, 3.63) is 71.8 Å². The first-order chi connectivity index (χ1) is 12.2. The number of rotatable bonds is 4. The van der Waals surface area contributed by atoms with E-state index in [0.29, 0.717) is 39.4 Å². The fraction of sp³-hybridized carbons (Fsp3) is 0.300. The zero-order valence-corrected chi connectivity index (χ0v) is 14.1. The fourth-order valence-electron chi connectivity index (χ4n) is 2.84. The molecule has 2 aromatic rings. The van der Waals surface area contributed by atoms with Gasteiger partial charge in [-0.1, -0.05) is 60.7 Å². The SMILES string of the molecule is O=C(C(=O)N(Cc1ccccc1)Cc1ccccc1)N1CCOCC1. The van der Waals surface area contributed by atoms with E-state index in [9.17, 15) is 9.59 Å². The van der Waals surface area contributed by atoms with Crippen molar-refractivity contribution in [2.24, 2.45) is 0 Å². The number of hydrogen-bond acceptors (Lipinski definition) is 3. The summed E-state index contributed by atoms with van der Waals surface area (Å²) in [6.45, 7) is 2.71. The van der Waals surface area contributed by atoms with E-state index in [1.54, 1.807) is 9.80 Å². The molecule has 0 saturated carbocycles. The van der Waals surface area contributed by atoms with Crippen molar-refractivity contribution in [1.82, 2.24) is 9.80 Å². The van der Waals surface area contributed by atoms with Crippen LogP contribution in [0.25, 0.3) is 0 Å². The summed E-state index contributed by atoms with van der Waals surface area (Å²) >= 11 is 0. The second-order valence-corrected chi connectivity index (χ2v) is 6.04. The van der Waals surface area contributed by atoms with Crippen LogP contribution in [0.2, 0.25) is 0 Å². The molecule has 0 aromatic heterocycles. The van der Waals surface area contributed by atoms with Crippen LogP contribution in [-0.2, 0) is 27.4 Å². The van der Waals surface area contributed by atoms with Gasteiger partial charge in [0.25, 0.3) is 0 Å². The monoisotopic (exact) mass is 338 g/mol. The number of carbonyl (C=O) groups excluding carboxylic acids is 2. The molecular formula is C20H22N2O3. The Morgan fingerprint density at radius 1 is 0.840 bits per heavy atom. The van der Waals surface area contributed by atoms with Gasteiger partial charge in [-0.25, -0.2) is 0 Å². The summed E-state index contributed by atoms with van der Waals surface area (Å²) in [5.41, 5.74) is 2.00. The van der Waals surface area contributed by atoms with E-state index in [4.69, 9.17) is 4.74 Å². The molecule has 5 heteroatoms. The Morgan fingerprint density at radius 3 is 1.80 bits per heavy atom. The molecule has 0 N–H and O–H groups in total. The van der Waals surface area contributed by atoms with E-state index in [1.165, 1.54) is 0 Å². The Bertz CT molecular complexity index is 656. The first kappa shape index (κ1) is 17.2. The van der Waals surface area contributed by atoms with Crippen molar-refractivity contribution < 1.29 is 14.3 Å². The summed E-state index contributed by atoms with van der Waals surface area (Å²) in [5, 5.41) is 0. The molecule has 0 bridgehead atoms. The van der Waals surface area contributed by atoms with Crippen LogP contribution in [0, 0.1) is 0 Å². The second-order valence-electron chi connectivity index (χ2n) is 6.04. The maximum atomic E-state index is 12.8. The maximum Gasteiger partial charge on any atom is 0.312 e. The van der Waals surface area contributed by atoms with Crippen LogP contribution in [0.3, 0.4) is 0 Å². The quantitative estimate of drug-likeness (QED) is 0.802.